The molecule has 0 saturated carbocycles. The molecule has 0 radical (unpaired) electrons. The summed E-state index contributed by atoms with van der Waals surface area (Å²) in [7, 11) is 2.08. The normalized spacial score (nSPS) is 23.7. The van der Waals surface area contributed by atoms with E-state index in [1.807, 2.05) is 24.3 Å². The van der Waals surface area contributed by atoms with Gasteiger partial charge in [-0.3, -0.25) is 4.90 Å². The van der Waals surface area contributed by atoms with E-state index in [1.165, 1.54) is 0 Å². The van der Waals surface area contributed by atoms with Gasteiger partial charge in [-0.15, -0.1) is 0 Å². The summed E-state index contributed by atoms with van der Waals surface area (Å²) in [4.78, 5) is 4.58. The van der Waals surface area contributed by atoms with E-state index in [2.05, 4.69) is 35.9 Å². The maximum Gasteiger partial charge on any atom is 0.0991 e. The Kier molecular flexibility index (Phi) is 4.04. The minimum atomic E-state index is 0.275. The van der Waals surface area contributed by atoms with E-state index in [4.69, 9.17) is 10.5 Å². The summed E-state index contributed by atoms with van der Waals surface area (Å²) in [6.07, 6.45) is 0.552. The Bertz CT molecular complexity index is 508. The van der Waals surface area contributed by atoms with E-state index in [0.717, 1.165) is 18.8 Å². The lowest BCUT2D eigenvalue weighted by molar-refractivity contribution is 0.194. The van der Waals surface area contributed by atoms with Crippen molar-refractivity contribution < 1.29 is 0 Å². The number of anilines is 1. The summed E-state index contributed by atoms with van der Waals surface area (Å²) in [5.41, 5.74) is 1.81. The summed E-state index contributed by atoms with van der Waals surface area (Å²) in [5, 5.41) is 17.7. The first-order chi connectivity index (χ1) is 9.15. The Morgan fingerprint density at radius 3 is 2.47 bits per heavy atom. The molecule has 2 atom stereocenters. The van der Waals surface area contributed by atoms with Crippen LogP contribution in [0.1, 0.15) is 18.9 Å². The molecule has 1 aromatic rings. The quantitative estimate of drug-likeness (QED) is 0.809. The van der Waals surface area contributed by atoms with Crippen molar-refractivity contribution in [1.82, 2.24) is 4.90 Å². The van der Waals surface area contributed by atoms with Crippen molar-refractivity contribution in [2.24, 2.45) is 0 Å². The molecule has 2 unspecified atom stereocenters. The molecule has 0 bridgehead atoms. The molecule has 4 nitrogen and oxygen atoms in total. The third-order valence-electron chi connectivity index (χ3n) is 3.77. The molecule has 98 valence electrons. The number of hydrogen-bond acceptors (Lipinski definition) is 4. The number of likely N-dealkylation sites (N-methyl/N-ethyl adjacent to an activating group) is 1. The zero-order valence-electron chi connectivity index (χ0n) is 11.4. The lowest BCUT2D eigenvalue weighted by atomic mass is 10.0. The van der Waals surface area contributed by atoms with Crippen molar-refractivity contribution in [3.8, 4) is 12.1 Å². The lowest BCUT2D eigenvalue weighted by Crippen LogP contribution is -2.56. The number of nitrogens with zero attached hydrogens (tertiary/aromatic N) is 4. The molecule has 1 heterocycles. The largest absolute Gasteiger partial charge is 0.366 e. The maximum absolute atomic E-state index is 8.90. The van der Waals surface area contributed by atoms with Crippen LogP contribution in [-0.4, -0.2) is 37.1 Å². The second-order valence-corrected chi connectivity index (χ2v) is 5.12. The number of nitriles is 2. The van der Waals surface area contributed by atoms with E-state index < -0.39 is 0 Å². The highest BCUT2D eigenvalue weighted by molar-refractivity contribution is 5.51. The minimum Gasteiger partial charge on any atom is -0.366 e. The molecular formula is C15H18N4. The summed E-state index contributed by atoms with van der Waals surface area (Å²) in [6, 6.07) is 12.8. The van der Waals surface area contributed by atoms with Gasteiger partial charge in [-0.05, 0) is 38.2 Å². The van der Waals surface area contributed by atoms with Crippen molar-refractivity contribution >= 4 is 5.69 Å². The van der Waals surface area contributed by atoms with Crippen LogP contribution in [0.15, 0.2) is 24.3 Å². The van der Waals surface area contributed by atoms with E-state index >= 15 is 0 Å². The van der Waals surface area contributed by atoms with E-state index in [1.54, 1.807) is 0 Å². The van der Waals surface area contributed by atoms with Crippen LogP contribution in [0.3, 0.4) is 0 Å². The van der Waals surface area contributed by atoms with Gasteiger partial charge in [0.2, 0.25) is 0 Å². The minimum absolute atomic E-state index is 0.275. The molecular weight excluding hydrogens is 236 g/mol. The zero-order chi connectivity index (χ0) is 13.8. The van der Waals surface area contributed by atoms with E-state index in [9.17, 15) is 0 Å². The molecule has 1 aliphatic rings. The second kappa shape index (κ2) is 5.73. The first-order valence-electron chi connectivity index (χ1n) is 6.49. The Morgan fingerprint density at radius 1 is 1.21 bits per heavy atom. The number of benzene rings is 1. The predicted octanol–water partition coefficient (Wildman–Crippen LogP) is 1.98. The molecule has 1 saturated heterocycles. The zero-order valence-corrected chi connectivity index (χ0v) is 11.4. The van der Waals surface area contributed by atoms with Gasteiger partial charge in [-0.1, -0.05) is 0 Å². The van der Waals surface area contributed by atoms with Gasteiger partial charge >= 0.3 is 0 Å². The van der Waals surface area contributed by atoms with Crippen molar-refractivity contribution in [1.29, 1.82) is 10.5 Å². The molecule has 2 rings (SSSR count). The van der Waals surface area contributed by atoms with E-state index in [-0.39, 0.29) is 6.04 Å². The van der Waals surface area contributed by atoms with Crippen LogP contribution in [0.25, 0.3) is 0 Å². The van der Waals surface area contributed by atoms with Crippen LogP contribution in [-0.2, 0) is 0 Å². The first-order valence-corrected chi connectivity index (χ1v) is 6.49. The van der Waals surface area contributed by atoms with Crippen molar-refractivity contribution in [2.75, 3.05) is 25.0 Å². The molecule has 1 aliphatic heterocycles. The van der Waals surface area contributed by atoms with Gasteiger partial charge in [-0.2, -0.15) is 10.5 Å². The van der Waals surface area contributed by atoms with Gasteiger partial charge in [-0.25, -0.2) is 0 Å². The fourth-order valence-corrected chi connectivity index (χ4v) is 2.62. The topological polar surface area (TPSA) is 54.1 Å². The number of piperazine rings is 1. The van der Waals surface area contributed by atoms with Crippen molar-refractivity contribution in [3.63, 3.8) is 0 Å². The monoisotopic (exact) mass is 254 g/mol. The van der Waals surface area contributed by atoms with Crippen molar-refractivity contribution in [2.45, 2.75) is 25.4 Å². The fourth-order valence-electron chi connectivity index (χ4n) is 2.62. The van der Waals surface area contributed by atoms with Crippen LogP contribution in [0.4, 0.5) is 5.69 Å². The smallest absolute Gasteiger partial charge is 0.0991 e. The van der Waals surface area contributed by atoms with Gasteiger partial charge in [0.15, 0.2) is 0 Å². The van der Waals surface area contributed by atoms with Crippen LogP contribution >= 0.6 is 0 Å². The fraction of sp³-hybridized carbons (Fsp3) is 0.467. The standard InChI is InChI=1S/C15H18N4/c1-12-10-18(2)15(7-8-16)11-19(12)14-5-3-13(9-17)4-6-14/h3-6,12,15H,7,10-11H2,1-2H3. The molecule has 0 spiro atoms. The molecule has 19 heavy (non-hydrogen) atoms. The highest BCUT2D eigenvalue weighted by atomic mass is 15.3. The Morgan fingerprint density at radius 2 is 1.89 bits per heavy atom. The molecule has 0 N–H and O–H groups in total. The summed E-state index contributed by atoms with van der Waals surface area (Å²) in [6.45, 7) is 4.00. The lowest BCUT2D eigenvalue weighted by Gasteiger charge is -2.44. The molecule has 0 amide bonds. The molecule has 0 aromatic heterocycles. The Balaban J connectivity index is 2.18. The van der Waals surface area contributed by atoms with Crippen LogP contribution in [0.5, 0.6) is 0 Å². The maximum atomic E-state index is 8.90. The molecule has 0 aliphatic carbocycles. The van der Waals surface area contributed by atoms with Crippen LogP contribution < -0.4 is 4.90 Å². The highest BCUT2D eigenvalue weighted by Gasteiger charge is 2.29. The van der Waals surface area contributed by atoms with Crippen molar-refractivity contribution in [3.05, 3.63) is 29.8 Å². The summed E-state index contributed by atoms with van der Waals surface area (Å²) >= 11 is 0. The van der Waals surface area contributed by atoms with Gasteiger partial charge in [0.1, 0.15) is 0 Å². The molecule has 1 aromatic carbocycles. The average molecular weight is 254 g/mol. The van der Waals surface area contributed by atoms with Crippen LogP contribution in [0.2, 0.25) is 0 Å². The number of hydrogen-bond donors (Lipinski definition) is 0. The SMILES string of the molecule is CC1CN(C)C(CC#N)CN1c1ccc(C#N)cc1. The molecule has 1 fully saturated rings. The van der Waals surface area contributed by atoms with Gasteiger partial charge < -0.3 is 4.90 Å². The highest BCUT2D eigenvalue weighted by Crippen LogP contribution is 2.23. The van der Waals surface area contributed by atoms with Gasteiger partial charge in [0.05, 0.1) is 24.1 Å². The Labute approximate surface area is 114 Å². The average Bonchev–Trinajstić information content (AvgIpc) is 2.42. The summed E-state index contributed by atoms with van der Waals surface area (Å²) in [5.74, 6) is 0. The second-order valence-electron chi connectivity index (χ2n) is 5.12. The van der Waals surface area contributed by atoms with Gasteiger partial charge in [0, 0.05) is 30.9 Å². The first kappa shape index (κ1) is 13.4. The predicted molar refractivity (Wildman–Crippen MR) is 74.6 cm³/mol. The third-order valence-corrected chi connectivity index (χ3v) is 3.77. The summed E-state index contributed by atoms with van der Waals surface area (Å²) < 4.78 is 0. The number of rotatable bonds is 2. The molecule has 4 heteroatoms. The Hall–Kier alpha value is -2.04. The van der Waals surface area contributed by atoms with E-state index in [0.29, 0.717) is 18.0 Å². The van der Waals surface area contributed by atoms with Gasteiger partial charge in [0.25, 0.3) is 0 Å². The van der Waals surface area contributed by atoms with Crippen LogP contribution in [0, 0.1) is 22.7 Å². The third kappa shape index (κ3) is 2.86.